The van der Waals surface area contributed by atoms with Crippen LogP contribution < -0.4 is 10.6 Å². The highest BCUT2D eigenvalue weighted by molar-refractivity contribution is 5.80. The summed E-state index contributed by atoms with van der Waals surface area (Å²) in [6, 6.07) is 2.00. The van der Waals surface area contributed by atoms with E-state index in [2.05, 4.69) is 25.7 Å². The van der Waals surface area contributed by atoms with Gasteiger partial charge in [0.1, 0.15) is 5.82 Å². The van der Waals surface area contributed by atoms with Crippen LogP contribution in [0.5, 0.6) is 0 Å². The largest absolute Gasteiger partial charge is 0.367 e. The van der Waals surface area contributed by atoms with E-state index in [0.717, 1.165) is 24.2 Å². The molecule has 1 fully saturated rings. The monoisotopic (exact) mass is 300 g/mol. The molecule has 1 aliphatic rings. The Kier molecular flexibility index (Phi) is 4.04. The molecule has 22 heavy (non-hydrogen) atoms. The third-order valence-corrected chi connectivity index (χ3v) is 3.53. The van der Waals surface area contributed by atoms with Crippen molar-refractivity contribution in [2.24, 2.45) is 5.92 Å². The highest BCUT2D eigenvalue weighted by Gasteiger charge is 2.28. The van der Waals surface area contributed by atoms with E-state index in [9.17, 15) is 4.79 Å². The standard InChI is InChI=1S/C15H20N6O/c1-10-7-11(2)21(20-10)14-9-16-8-13(19-14)17-5-6-18-15(22)12-3-4-12/h7-9,12H,3-6H2,1-2H3,(H,17,19)(H,18,22). The van der Waals surface area contributed by atoms with E-state index < -0.39 is 0 Å². The number of carbonyl (C=O) groups is 1. The van der Waals surface area contributed by atoms with Gasteiger partial charge in [-0.25, -0.2) is 9.67 Å². The number of carbonyl (C=O) groups excluding carboxylic acids is 1. The van der Waals surface area contributed by atoms with Crippen LogP contribution in [-0.4, -0.2) is 38.7 Å². The zero-order valence-corrected chi connectivity index (χ0v) is 12.8. The number of hydrogen-bond donors (Lipinski definition) is 2. The van der Waals surface area contributed by atoms with E-state index in [1.165, 1.54) is 0 Å². The van der Waals surface area contributed by atoms with Crippen molar-refractivity contribution in [3.8, 4) is 5.82 Å². The second-order valence-corrected chi connectivity index (χ2v) is 5.59. The first kappa shape index (κ1) is 14.5. The van der Waals surface area contributed by atoms with Gasteiger partial charge in [0, 0.05) is 24.7 Å². The second-order valence-electron chi connectivity index (χ2n) is 5.59. The van der Waals surface area contributed by atoms with Gasteiger partial charge in [-0.15, -0.1) is 0 Å². The van der Waals surface area contributed by atoms with Gasteiger partial charge in [-0.2, -0.15) is 5.10 Å². The SMILES string of the molecule is Cc1cc(C)n(-c2cncc(NCCNC(=O)C3CC3)n2)n1. The van der Waals surface area contributed by atoms with Gasteiger partial charge < -0.3 is 10.6 Å². The lowest BCUT2D eigenvalue weighted by Gasteiger charge is -2.08. The number of rotatable bonds is 6. The first-order valence-corrected chi connectivity index (χ1v) is 7.51. The summed E-state index contributed by atoms with van der Waals surface area (Å²) in [7, 11) is 0. The van der Waals surface area contributed by atoms with Crippen LogP contribution in [0, 0.1) is 19.8 Å². The van der Waals surface area contributed by atoms with Crippen LogP contribution in [0.25, 0.3) is 5.82 Å². The van der Waals surface area contributed by atoms with E-state index >= 15 is 0 Å². The second kappa shape index (κ2) is 6.13. The number of hydrogen-bond acceptors (Lipinski definition) is 5. The zero-order valence-electron chi connectivity index (χ0n) is 12.8. The van der Waals surface area contributed by atoms with Crippen molar-refractivity contribution in [1.29, 1.82) is 0 Å². The number of amides is 1. The van der Waals surface area contributed by atoms with Gasteiger partial charge in [0.05, 0.1) is 18.1 Å². The van der Waals surface area contributed by atoms with Crippen LogP contribution in [-0.2, 0) is 4.79 Å². The fourth-order valence-electron chi connectivity index (χ4n) is 2.27. The molecule has 0 aliphatic heterocycles. The summed E-state index contributed by atoms with van der Waals surface area (Å²) in [5.41, 5.74) is 1.96. The molecule has 0 aromatic carbocycles. The van der Waals surface area contributed by atoms with Crippen LogP contribution in [0.4, 0.5) is 5.82 Å². The van der Waals surface area contributed by atoms with E-state index in [-0.39, 0.29) is 11.8 Å². The number of aryl methyl sites for hydroxylation is 2. The van der Waals surface area contributed by atoms with Crippen molar-refractivity contribution in [3.05, 3.63) is 29.8 Å². The van der Waals surface area contributed by atoms with Crippen LogP contribution in [0.3, 0.4) is 0 Å². The quantitative estimate of drug-likeness (QED) is 0.784. The number of aromatic nitrogens is 4. The van der Waals surface area contributed by atoms with Crippen LogP contribution in [0.15, 0.2) is 18.5 Å². The molecule has 2 aromatic heterocycles. The third-order valence-electron chi connectivity index (χ3n) is 3.53. The smallest absolute Gasteiger partial charge is 0.223 e. The minimum absolute atomic E-state index is 0.157. The topological polar surface area (TPSA) is 84.7 Å². The van der Waals surface area contributed by atoms with Gasteiger partial charge in [0.25, 0.3) is 0 Å². The first-order chi connectivity index (χ1) is 10.6. The maximum Gasteiger partial charge on any atom is 0.223 e. The average Bonchev–Trinajstić information content (AvgIpc) is 3.29. The summed E-state index contributed by atoms with van der Waals surface area (Å²) in [4.78, 5) is 20.2. The zero-order chi connectivity index (χ0) is 15.5. The molecular formula is C15H20N6O. The lowest BCUT2D eigenvalue weighted by Crippen LogP contribution is -2.30. The Balaban J connectivity index is 1.57. The molecule has 3 rings (SSSR count). The Morgan fingerprint density at radius 2 is 2.14 bits per heavy atom. The molecule has 0 bridgehead atoms. The Hall–Kier alpha value is -2.44. The summed E-state index contributed by atoms with van der Waals surface area (Å²) < 4.78 is 1.77. The first-order valence-electron chi connectivity index (χ1n) is 7.51. The summed E-state index contributed by atoms with van der Waals surface area (Å²) in [5, 5.41) is 10.5. The molecule has 1 amide bonds. The number of nitrogens with one attached hydrogen (secondary N) is 2. The summed E-state index contributed by atoms with van der Waals surface area (Å²) in [6.45, 7) is 5.13. The maximum absolute atomic E-state index is 11.5. The van der Waals surface area contributed by atoms with Gasteiger partial charge in [0.2, 0.25) is 5.91 Å². The van der Waals surface area contributed by atoms with Crippen molar-refractivity contribution in [2.75, 3.05) is 18.4 Å². The molecule has 7 heteroatoms. The molecule has 2 N–H and O–H groups in total. The Morgan fingerprint density at radius 3 is 2.82 bits per heavy atom. The van der Waals surface area contributed by atoms with Crippen molar-refractivity contribution in [2.45, 2.75) is 26.7 Å². The molecule has 1 aliphatic carbocycles. The molecule has 2 heterocycles. The number of anilines is 1. The molecule has 116 valence electrons. The molecule has 0 saturated heterocycles. The molecule has 0 spiro atoms. The van der Waals surface area contributed by atoms with E-state index in [4.69, 9.17) is 0 Å². The summed E-state index contributed by atoms with van der Waals surface area (Å²) in [5.74, 6) is 1.75. The lowest BCUT2D eigenvalue weighted by molar-refractivity contribution is -0.122. The van der Waals surface area contributed by atoms with E-state index in [1.807, 2.05) is 19.9 Å². The normalized spacial score (nSPS) is 13.9. The predicted octanol–water partition coefficient (Wildman–Crippen LogP) is 1.22. The van der Waals surface area contributed by atoms with Crippen LogP contribution in [0.1, 0.15) is 24.2 Å². The fraction of sp³-hybridized carbons (Fsp3) is 0.467. The minimum atomic E-state index is 0.157. The van der Waals surface area contributed by atoms with Gasteiger partial charge in [-0.05, 0) is 32.8 Å². The fourth-order valence-corrected chi connectivity index (χ4v) is 2.27. The van der Waals surface area contributed by atoms with E-state index in [0.29, 0.717) is 24.7 Å². The van der Waals surface area contributed by atoms with Gasteiger partial charge in [0.15, 0.2) is 5.82 Å². The highest BCUT2D eigenvalue weighted by Crippen LogP contribution is 2.28. The van der Waals surface area contributed by atoms with Crippen molar-refractivity contribution < 1.29 is 4.79 Å². The maximum atomic E-state index is 11.5. The van der Waals surface area contributed by atoms with Crippen LogP contribution in [0.2, 0.25) is 0 Å². The summed E-state index contributed by atoms with van der Waals surface area (Å²) >= 11 is 0. The molecule has 0 unspecified atom stereocenters. The van der Waals surface area contributed by atoms with Gasteiger partial charge in [-0.1, -0.05) is 0 Å². The molecule has 7 nitrogen and oxygen atoms in total. The van der Waals surface area contributed by atoms with Crippen molar-refractivity contribution in [3.63, 3.8) is 0 Å². The minimum Gasteiger partial charge on any atom is -0.367 e. The summed E-state index contributed by atoms with van der Waals surface area (Å²) in [6.07, 6.45) is 5.39. The highest BCUT2D eigenvalue weighted by atomic mass is 16.2. The van der Waals surface area contributed by atoms with Gasteiger partial charge in [-0.3, -0.25) is 9.78 Å². The molecular weight excluding hydrogens is 280 g/mol. The average molecular weight is 300 g/mol. The van der Waals surface area contributed by atoms with Crippen molar-refractivity contribution in [1.82, 2.24) is 25.1 Å². The van der Waals surface area contributed by atoms with E-state index in [1.54, 1.807) is 17.1 Å². The Bertz CT molecular complexity index is 676. The third kappa shape index (κ3) is 3.41. The lowest BCUT2D eigenvalue weighted by atomic mass is 10.4. The molecule has 1 saturated carbocycles. The van der Waals surface area contributed by atoms with Crippen LogP contribution >= 0.6 is 0 Å². The molecule has 0 atom stereocenters. The number of nitrogens with zero attached hydrogens (tertiary/aromatic N) is 4. The van der Waals surface area contributed by atoms with Crippen molar-refractivity contribution >= 4 is 11.7 Å². The Labute approximate surface area is 129 Å². The van der Waals surface area contributed by atoms with Gasteiger partial charge >= 0.3 is 0 Å². The Morgan fingerprint density at radius 1 is 1.32 bits per heavy atom. The molecule has 0 radical (unpaired) electrons. The predicted molar refractivity (Wildman–Crippen MR) is 82.9 cm³/mol. The molecule has 2 aromatic rings.